The summed E-state index contributed by atoms with van der Waals surface area (Å²) < 4.78 is 3.63. The first kappa shape index (κ1) is 17.4. The van der Waals surface area contributed by atoms with Crippen LogP contribution in [0.4, 0.5) is 0 Å². The van der Waals surface area contributed by atoms with Crippen LogP contribution in [0.15, 0.2) is 43.2 Å². The van der Waals surface area contributed by atoms with E-state index in [-0.39, 0.29) is 5.91 Å². The van der Waals surface area contributed by atoms with Gasteiger partial charge in [-0.05, 0) is 18.9 Å². The van der Waals surface area contributed by atoms with Gasteiger partial charge in [-0.15, -0.1) is 0 Å². The molecule has 4 rings (SSSR count). The molecule has 1 aliphatic carbocycles. The third-order valence-electron chi connectivity index (χ3n) is 5.09. The van der Waals surface area contributed by atoms with Gasteiger partial charge >= 0.3 is 0 Å². The molecule has 0 bridgehead atoms. The minimum atomic E-state index is -0.618. The van der Waals surface area contributed by atoms with Crippen LogP contribution in [-0.2, 0) is 30.8 Å². The van der Waals surface area contributed by atoms with E-state index in [4.69, 9.17) is 5.73 Å². The molecule has 1 saturated carbocycles. The lowest BCUT2D eigenvalue weighted by Gasteiger charge is -2.20. The number of hydrogen-bond donors (Lipinski definition) is 2. The predicted molar refractivity (Wildman–Crippen MR) is 100 cm³/mol. The highest BCUT2D eigenvalue weighted by Crippen LogP contribution is 2.44. The smallest absolute Gasteiger partial charge is 0.238 e. The third kappa shape index (κ3) is 3.48. The summed E-state index contributed by atoms with van der Waals surface area (Å²) in [5.41, 5.74) is 9.54. The summed E-state index contributed by atoms with van der Waals surface area (Å²) in [5, 5.41) is 7.29. The number of nitrogens with zero attached hydrogens (tertiary/aromatic N) is 5. The molecule has 0 aliphatic heterocycles. The molecule has 140 valence electrons. The molecule has 0 spiro atoms. The van der Waals surface area contributed by atoms with Crippen LogP contribution in [0.1, 0.15) is 24.2 Å². The van der Waals surface area contributed by atoms with E-state index in [9.17, 15) is 4.79 Å². The summed E-state index contributed by atoms with van der Waals surface area (Å²) in [6.45, 7) is 0. The molecule has 1 fully saturated rings. The maximum absolute atomic E-state index is 12.6. The molecule has 0 aromatic carbocycles. The standard InChI is InChI=1S/C19H23N7O/c1-25-12-21-10-15(25)7-16(20)18(27)24-19(5-6-19)17-4-3-13(8-22-17)14-9-23-26(2)11-14/h3-4,8-12,16H,5-7,20H2,1-2H3,(H,24,27)/t16-/m0/s1. The van der Waals surface area contributed by atoms with Crippen LogP contribution in [-0.4, -0.2) is 36.3 Å². The molecule has 8 nitrogen and oxygen atoms in total. The van der Waals surface area contributed by atoms with Crippen LogP contribution in [0.25, 0.3) is 11.1 Å². The fourth-order valence-corrected chi connectivity index (χ4v) is 3.22. The number of pyridine rings is 1. The molecule has 0 radical (unpaired) electrons. The van der Waals surface area contributed by atoms with Gasteiger partial charge in [0.25, 0.3) is 0 Å². The summed E-state index contributed by atoms with van der Waals surface area (Å²) in [6, 6.07) is 3.37. The molecule has 0 saturated heterocycles. The average molecular weight is 365 g/mol. The van der Waals surface area contributed by atoms with E-state index >= 15 is 0 Å². The first-order valence-electron chi connectivity index (χ1n) is 8.95. The largest absolute Gasteiger partial charge is 0.344 e. The summed E-state index contributed by atoms with van der Waals surface area (Å²) in [7, 11) is 3.78. The van der Waals surface area contributed by atoms with Crippen molar-refractivity contribution in [2.45, 2.75) is 30.8 Å². The van der Waals surface area contributed by atoms with Crippen molar-refractivity contribution in [3.63, 3.8) is 0 Å². The number of aromatic nitrogens is 5. The lowest BCUT2D eigenvalue weighted by Crippen LogP contribution is -2.47. The summed E-state index contributed by atoms with van der Waals surface area (Å²) in [4.78, 5) is 21.3. The van der Waals surface area contributed by atoms with Gasteiger partial charge in [0, 0.05) is 55.9 Å². The first-order chi connectivity index (χ1) is 13.0. The summed E-state index contributed by atoms with van der Waals surface area (Å²) in [6.07, 6.45) is 11.2. The van der Waals surface area contributed by atoms with Gasteiger partial charge in [0.15, 0.2) is 0 Å². The monoisotopic (exact) mass is 365 g/mol. The maximum atomic E-state index is 12.6. The zero-order chi connectivity index (χ0) is 19.0. The van der Waals surface area contributed by atoms with Crippen molar-refractivity contribution >= 4 is 5.91 Å². The SMILES string of the molecule is Cn1cc(-c2ccc(C3(NC(=O)[C@@H](N)Cc4cncn4C)CC3)nc2)cn1. The minimum Gasteiger partial charge on any atom is -0.344 e. The Labute approximate surface area is 157 Å². The van der Waals surface area contributed by atoms with Gasteiger partial charge in [-0.3, -0.25) is 14.5 Å². The highest BCUT2D eigenvalue weighted by molar-refractivity contribution is 5.83. The van der Waals surface area contributed by atoms with Crippen molar-refractivity contribution in [2.75, 3.05) is 0 Å². The summed E-state index contributed by atoms with van der Waals surface area (Å²) >= 11 is 0. The molecule has 27 heavy (non-hydrogen) atoms. The van der Waals surface area contributed by atoms with E-state index in [2.05, 4.69) is 20.4 Å². The molecular formula is C19H23N7O. The molecule has 3 aromatic heterocycles. The zero-order valence-electron chi connectivity index (χ0n) is 15.5. The lowest BCUT2D eigenvalue weighted by molar-refractivity contribution is -0.123. The highest BCUT2D eigenvalue weighted by Gasteiger charge is 2.47. The van der Waals surface area contributed by atoms with Crippen LogP contribution >= 0.6 is 0 Å². The van der Waals surface area contributed by atoms with Gasteiger partial charge < -0.3 is 15.6 Å². The molecule has 0 unspecified atom stereocenters. The topological polar surface area (TPSA) is 104 Å². The fourth-order valence-electron chi connectivity index (χ4n) is 3.22. The van der Waals surface area contributed by atoms with E-state index in [0.29, 0.717) is 6.42 Å². The van der Waals surface area contributed by atoms with Gasteiger partial charge in [0.05, 0.1) is 29.8 Å². The van der Waals surface area contributed by atoms with E-state index in [1.807, 2.05) is 49.4 Å². The van der Waals surface area contributed by atoms with Crippen molar-refractivity contribution < 1.29 is 4.79 Å². The van der Waals surface area contributed by atoms with Crippen molar-refractivity contribution in [1.29, 1.82) is 0 Å². The van der Waals surface area contributed by atoms with Gasteiger partial charge in [0.2, 0.25) is 5.91 Å². The Bertz CT molecular complexity index is 953. The lowest BCUT2D eigenvalue weighted by atomic mass is 10.1. The molecule has 3 heterocycles. The summed E-state index contributed by atoms with van der Waals surface area (Å²) in [5.74, 6) is -0.160. The number of hydrogen-bond acceptors (Lipinski definition) is 5. The van der Waals surface area contributed by atoms with E-state index < -0.39 is 11.6 Å². The number of nitrogens with two attached hydrogens (primary N) is 1. The van der Waals surface area contributed by atoms with Crippen LogP contribution in [0.2, 0.25) is 0 Å². The Morgan fingerprint density at radius 2 is 2.07 bits per heavy atom. The average Bonchev–Trinajstić information content (AvgIpc) is 3.13. The van der Waals surface area contributed by atoms with Crippen molar-refractivity contribution in [3.8, 4) is 11.1 Å². The number of aryl methyl sites for hydroxylation is 2. The molecule has 3 aromatic rings. The quantitative estimate of drug-likeness (QED) is 0.675. The van der Waals surface area contributed by atoms with Crippen molar-refractivity contribution in [2.24, 2.45) is 19.8 Å². The van der Waals surface area contributed by atoms with Crippen molar-refractivity contribution in [3.05, 3.63) is 54.6 Å². The van der Waals surface area contributed by atoms with Gasteiger partial charge in [-0.25, -0.2) is 4.98 Å². The molecular weight excluding hydrogens is 342 g/mol. The Kier molecular flexibility index (Phi) is 4.27. The maximum Gasteiger partial charge on any atom is 0.238 e. The zero-order valence-corrected chi connectivity index (χ0v) is 15.5. The first-order valence-corrected chi connectivity index (χ1v) is 8.95. The van der Waals surface area contributed by atoms with E-state index in [0.717, 1.165) is 35.4 Å². The predicted octanol–water partition coefficient (Wildman–Crippen LogP) is 0.891. The number of rotatable bonds is 6. The Morgan fingerprint density at radius 1 is 1.26 bits per heavy atom. The van der Waals surface area contributed by atoms with Gasteiger partial charge in [0.1, 0.15) is 0 Å². The number of carbonyl (C=O) groups excluding carboxylic acids is 1. The Morgan fingerprint density at radius 3 is 2.63 bits per heavy atom. The van der Waals surface area contributed by atoms with Crippen molar-refractivity contribution in [1.82, 2.24) is 29.6 Å². The molecule has 1 amide bonds. The molecule has 3 N–H and O–H groups in total. The van der Waals surface area contributed by atoms with E-state index in [1.165, 1.54) is 0 Å². The fraction of sp³-hybridized carbons (Fsp3) is 0.368. The van der Waals surface area contributed by atoms with Gasteiger partial charge in [-0.2, -0.15) is 5.10 Å². The molecule has 1 atom stereocenters. The van der Waals surface area contributed by atoms with Gasteiger partial charge in [-0.1, -0.05) is 6.07 Å². The second-order valence-electron chi connectivity index (χ2n) is 7.21. The van der Waals surface area contributed by atoms with Crippen LogP contribution in [0.3, 0.4) is 0 Å². The van der Waals surface area contributed by atoms with Crippen LogP contribution in [0.5, 0.6) is 0 Å². The van der Waals surface area contributed by atoms with Crippen LogP contribution < -0.4 is 11.1 Å². The van der Waals surface area contributed by atoms with E-state index in [1.54, 1.807) is 17.2 Å². The third-order valence-corrected chi connectivity index (χ3v) is 5.09. The highest BCUT2D eigenvalue weighted by atomic mass is 16.2. The second kappa shape index (κ2) is 6.62. The molecule has 1 aliphatic rings. The minimum absolute atomic E-state index is 0.160. The Balaban J connectivity index is 1.44. The second-order valence-corrected chi connectivity index (χ2v) is 7.21. The number of carbonyl (C=O) groups is 1. The van der Waals surface area contributed by atoms with Crippen LogP contribution in [0, 0.1) is 0 Å². The number of nitrogens with one attached hydrogen (secondary N) is 1. The molecule has 8 heteroatoms. The number of imidazole rings is 1. The normalized spacial score (nSPS) is 16.1. The number of amides is 1. The Hall–Kier alpha value is -3.00.